The van der Waals surface area contributed by atoms with E-state index in [1.54, 1.807) is 0 Å². The number of esters is 3. The molecule has 42 heteroatoms. The van der Waals surface area contributed by atoms with Crippen molar-refractivity contribution in [2.24, 2.45) is 50.2 Å². The Labute approximate surface area is 716 Å². The number of aliphatic hydroxyl groups excluding tert-OH is 21. The lowest BCUT2D eigenvalue weighted by Crippen LogP contribution is -2.69. The van der Waals surface area contributed by atoms with Crippen molar-refractivity contribution >= 4 is 17.9 Å². The van der Waals surface area contributed by atoms with Crippen molar-refractivity contribution in [1.29, 1.82) is 0 Å². The van der Waals surface area contributed by atoms with Crippen molar-refractivity contribution in [3.05, 3.63) is 11.6 Å². The predicted molar refractivity (Wildman–Crippen MR) is 408 cm³/mol. The van der Waals surface area contributed by atoms with Crippen LogP contribution in [0.15, 0.2) is 11.6 Å². The van der Waals surface area contributed by atoms with Gasteiger partial charge in [0.05, 0.1) is 76.1 Å². The molecule has 0 aromatic carbocycles. The zero-order valence-corrected chi connectivity index (χ0v) is 71.6. The maximum atomic E-state index is 15.4. The van der Waals surface area contributed by atoms with E-state index < -0.39 is 342 Å². The number of aliphatic hydroxyl groups is 21. The molecule has 8 saturated heterocycles. The Morgan fingerprint density at radius 3 is 1.65 bits per heavy atom. The lowest BCUT2D eigenvalue weighted by molar-refractivity contribution is -0.403. The van der Waals surface area contributed by atoms with Gasteiger partial charge in [0.25, 0.3) is 0 Å². The highest BCUT2D eigenvalue weighted by Gasteiger charge is 2.73. The summed E-state index contributed by atoms with van der Waals surface area (Å²) in [4.78, 5) is 41.0. The molecule has 8 heterocycles. The quantitative estimate of drug-likeness (QED) is 0.0196. The number of fused-ring (bicyclic) bond motifs is 7. The third-order valence-corrected chi connectivity index (χ3v) is 30.0. The Morgan fingerprint density at radius 1 is 0.435 bits per heavy atom. The van der Waals surface area contributed by atoms with Crippen LogP contribution >= 0.6 is 0 Å². The van der Waals surface area contributed by atoms with Gasteiger partial charge in [-0.1, -0.05) is 60.1 Å². The average Bonchev–Trinajstić information content (AvgIpc) is 0.669. The van der Waals surface area contributed by atoms with Gasteiger partial charge in [0, 0.05) is 6.92 Å². The molecular formula is C82H132O42. The first-order valence-corrected chi connectivity index (χ1v) is 43.3. The van der Waals surface area contributed by atoms with E-state index in [0.29, 0.717) is 50.5 Å². The summed E-state index contributed by atoms with van der Waals surface area (Å²) in [6.07, 6.45) is -64.3. The van der Waals surface area contributed by atoms with Crippen LogP contribution in [0.1, 0.15) is 147 Å². The fourth-order valence-corrected chi connectivity index (χ4v) is 22.7. The molecular weight excluding hydrogens is 1660 g/mol. The Kier molecular flexibility index (Phi) is 30.1. The van der Waals surface area contributed by atoms with Gasteiger partial charge in [-0.3, -0.25) is 14.4 Å². The summed E-state index contributed by atoms with van der Waals surface area (Å²) in [5.74, 6) is -3.16. The fraction of sp³-hybridized carbons (Fsp3) is 0.939. The SMILES string of the molecule is CC(=O)O[C@@H]1[C@@H](O)[C@H](O[C@@H]2[C@H](O)[C@H](O[C@@H]3[C@@H](O)[C@H](O[C@H]4[C@H](O[C@H]5CC[C@]6(C)C7CC[C@@H]8C9=CC(C)(C)CC[C@]9(C(=O)O[C@@H]9O[C@H](C)[C@@H](OC(=O)CC(C)O[C@@H]%10O[C@H](C)[C@@H](O)[C@H](O)[C@@H]%10O)[C@H](O)[C@@H]9O)[C@H](O)C[C@@]8(C)[C@]7(C)CC[C@H]6C5(C)C)O[C@H](CO[C@@H]5OC[C@@H](O)[C@H](O)[C@H]5O)[C@@H](O)[C@@H]4O)O[C@H](CO)[C@H]3O)O[C@H](C)[C@H]2O[C@@H]2O[C@H](CO)[C@@H](O)[C@H](O)[C@@H]2O)OC[C@H]1O. The molecule has 48 atom stereocenters. The molecule has 21 N–H and O–H groups in total. The summed E-state index contributed by atoms with van der Waals surface area (Å²) in [5.41, 5.74) is -3.87. The lowest BCUT2D eigenvalue weighted by Gasteiger charge is -2.73. The number of rotatable bonds is 23. The van der Waals surface area contributed by atoms with Crippen molar-refractivity contribution in [2.45, 2.75) is 399 Å². The molecule has 42 nitrogen and oxygen atoms in total. The van der Waals surface area contributed by atoms with Gasteiger partial charge < -0.3 is 193 Å². The van der Waals surface area contributed by atoms with Gasteiger partial charge in [-0.2, -0.15) is 0 Å². The highest BCUT2D eigenvalue weighted by atomic mass is 16.8. The molecule has 13 aliphatic rings. The zero-order chi connectivity index (χ0) is 90.8. The topological polar surface area (TPSA) is 642 Å². The Morgan fingerprint density at radius 2 is 0.968 bits per heavy atom. The number of allylic oxidation sites excluding steroid dienone is 1. The minimum atomic E-state index is -2.24. The minimum absolute atomic E-state index is 0.0296. The number of hydrogen-bond donors (Lipinski definition) is 21. The van der Waals surface area contributed by atoms with E-state index in [4.69, 9.17) is 85.3 Å². The second-order valence-corrected chi connectivity index (χ2v) is 38.7. The first-order chi connectivity index (χ1) is 58.1. The van der Waals surface area contributed by atoms with Gasteiger partial charge in [0.1, 0.15) is 158 Å². The molecule has 13 rings (SSSR count). The van der Waals surface area contributed by atoms with E-state index in [2.05, 4.69) is 40.7 Å². The van der Waals surface area contributed by atoms with Crippen LogP contribution in [0.5, 0.6) is 0 Å². The van der Waals surface area contributed by atoms with Gasteiger partial charge in [-0.05, 0) is 130 Å². The smallest absolute Gasteiger partial charge is 0.321 e. The molecule has 5 aliphatic carbocycles. The van der Waals surface area contributed by atoms with Crippen LogP contribution in [0, 0.1) is 50.2 Å². The molecule has 712 valence electrons. The van der Waals surface area contributed by atoms with E-state index in [1.807, 2.05) is 13.8 Å². The van der Waals surface area contributed by atoms with Crippen LogP contribution in [0.4, 0.5) is 0 Å². The number of ether oxygens (including phenoxy) is 18. The van der Waals surface area contributed by atoms with Crippen LogP contribution in [0.3, 0.4) is 0 Å². The second kappa shape index (κ2) is 38.0. The van der Waals surface area contributed by atoms with Gasteiger partial charge >= 0.3 is 17.9 Å². The van der Waals surface area contributed by atoms with Crippen LogP contribution in [-0.4, -0.2) is 410 Å². The first kappa shape index (κ1) is 98.2. The normalized spacial score (nSPS) is 52.3. The molecule has 12 fully saturated rings. The summed E-state index contributed by atoms with van der Waals surface area (Å²) >= 11 is 0. The molecule has 0 spiro atoms. The zero-order valence-electron chi connectivity index (χ0n) is 71.6. The van der Waals surface area contributed by atoms with Crippen molar-refractivity contribution in [3.63, 3.8) is 0 Å². The van der Waals surface area contributed by atoms with Gasteiger partial charge in [0.15, 0.2) is 56.2 Å². The van der Waals surface area contributed by atoms with Gasteiger partial charge in [0.2, 0.25) is 6.29 Å². The average molecular weight is 1790 g/mol. The highest BCUT2D eigenvalue weighted by Crippen LogP contribution is 2.77. The van der Waals surface area contributed by atoms with Crippen molar-refractivity contribution in [2.75, 3.05) is 33.0 Å². The van der Waals surface area contributed by atoms with Crippen molar-refractivity contribution < 1.29 is 207 Å². The first-order valence-electron chi connectivity index (χ1n) is 43.3. The molecule has 2 unspecified atom stereocenters. The van der Waals surface area contributed by atoms with E-state index in [0.717, 1.165) is 6.92 Å². The number of hydrogen-bond acceptors (Lipinski definition) is 42. The Hall–Kier alpha value is -3.29. The predicted octanol–water partition coefficient (Wildman–Crippen LogP) is -6.51. The summed E-state index contributed by atoms with van der Waals surface area (Å²) in [6, 6.07) is 0. The maximum absolute atomic E-state index is 15.4. The highest BCUT2D eigenvalue weighted by molar-refractivity contribution is 5.83. The molecule has 0 aromatic heterocycles. The number of carbonyl (C=O) groups excluding carboxylic acids is 3. The van der Waals surface area contributed by atoms with E-state index in [1.165, 1.54) is 27.7 Å². The third kappa shape index (κ3) is 18.2. The Balaban J connectivity index is 0.721. The fourth-order valence-electron chi connectivity index (χ4n) is 22.7. The number of carbonyl (C=O) groups is 3. The maximum Gasteiger partial charge on any atom is 0.321 e. The largest absolute Gasteiger partial charge is 0.457 e. The third-order valence-electron chi connectivity index (χ3n) is 30.0. The summed E-state index contributed by atoms with van der Waals surface area (Å²) in [6.45, 7) is 18.0. The molecule has 4 saturated carbocycles. The van der Waals surface area contributed by atoms with Gasteiger partial charge in [-0.25, -0.2) is 0 Å². The molecule has 8 aliphatic heterocycles. The summed E-state index contributed by atoms with van der Waals surface area (Å²) in [5, 5.41) is 236. The van der Waals surface area contributed by atoms with Crippen LogP contribution < -0.4 is 0 Å². The minimum Gasteiger partial charge on any atom is -0.457 e. The van der Waals surface area contributed by atoms with E-state index >= 15 is 4.79 Å². The summed E-state index contributed by atoms with van der Waals surface area (Å²) < 4.78 is 108. The molecule has 0 aromatic rings. The Bertz CT molecular complexity index is 3640. The molecule has 0 radical (unpaired) electrons. The molecule has 0 amide bonds. The second-order valence-electron chi connectivity index (χ2n) is 38.7. The van der Waals surface area contributed by atoms with E-state index in [9.17, 15) is 117 Å². The van der Waals surface area contributed by atoms with Crippen LogP contribution in [0.25, 0.3) is 0 Å². The van der Waals surface area contributed by atoms with Crippen LogP contribution in [0.2, 0.25) is 0 Å². The monoisotopic (exact) mass is 1790 g/mol. The van der Waals surface area contributed by atoms with Crippen molar-refractivity contribution in [1.82, 2.24) is 0 Å². The molecule has 124 heavy (non-hydrogen) atoms. The van der Waals surface area contributed by atoms with E-state index in [-0.39, 0.29) is 30.6 Å². The molecule has 0 bridgehead atoms. The standard InChI is InChI=1S/C82H132O42/c1-29(110-70-56(100)51(95)46(90)30(2)111-70)21-45(89)119-62-31(3)112-71(58(102)54(62)98)124-76(106)82-20-19-77(6,7)22-35(82)34-13-14-42-79(10)17-16-44(78(8,9)41(79)15-18-80(42,11)81(34,12)23-43(82)88)118-75-67(53(97)49(93)40(117-75)28-109-68-55(99)47(91)36(86)26-107-68)123-74-60(104)65(50(94)39(25-84)116-74)121-73-61(105)66(122-69-59(103)64(114-33(5)85)37(87)27-108-69)63(32(4)113-73)120-72-57(101)52(96)48(92)38(24-83)115-72/h22,29-32,34,36-44,46-75,83-84,86-88,90-105H,13-21,23-28H2,1-12H3/t29?,30-,31-,32-,34-,36-,37-,38-,39-,40-,41+,42?,43-,44+,46-,47+,48-,49-,50-,51+,52+,53+,54-,55-,56+,57+,58+,59-,60-,61+,62-,63-,64+,65+,66-,67-,68+,69+,70-,71+,72+,73+,74+,75+,79+,80-,81-,82-/m1/s1. The van der Waals surface area contributed by atoms with Crippen molar-refractivity contribution in [3.8, 4) is 0 Å². The van der Waals surface area contributed by atoms with Gasteiger partial charge in [-0.15, -0.1) is 0 Å². The summed E-state index contributed by atoms with van der Waals surface area (Å²) in [7, 11) is 0. The lowest BCUT2D eigenvalue weighted by atomic mass is 9.32. The van der Waals surface area contributed by atoms with Crippen LogP contribution in [-0.2, 0) is 99.6 Å².